The lowest BCUT2D eigenvalue weighted by molar-refractivity contribution is 0.434. The zero-order valence-corrected chi connectivity index (χ0v) is 10.9. The second-order valence-electron chi connectivity index (χ2n) is 2.61. The zero-order chi connectivity index (χ0) is 11.5. The molecule has 4 heteroatoms. The molecule has 0 fully saturated rings. The Bertz CT molecular complexity index is 162. The molecule has 84 valence electrons. The predicted octanol–water partition coefficient (Wildman–Crippen LogP) is 1.65. The van der Waals surface area contributed by atoms with Crippen LogP contribution in [0.5, 0.6) is 0 Å². The highest BCUT2D eigenvalue weighted by molar-refractivity contribution is 7.90. The van der Waals surface area contributed by atoms with Crippen LogP contribution in [0.1, 0.15) is 27.7 Å². The zero-order valence-electron chi connectivity index (χ0n) is 10.1. The first-order chi connectivity index (χ1) is 5.83. The van der Waals surface area contributed by atoms with Gasteiger partial charge in [0.15, 0.2) is 0 Å². The molecule has 0 rings (SSSR count). The first-order valence-electron chi connectivity index (χ1n) is 4.66. The molecular weight excluding hydrogens is 186 g/mol. The van der Waals surface area contributed by atoms with Gasteiger partial charge < -0.3 is 4.90 Å². The summed E-state index contributed by atoms with van der Waals surface area (Å²) in [6.45, 7) is 8.88. The minimum absolute atomic E-state index is 0.243. The molecule has 0 aliphatic heterocycles. The van der Waals surface area contributed by atoms with Gasteiger partial charge in [-0.1, -0.05) is 27.7 Å². The molecule has 0 N–H and O–H groups in total. The number of nitrogens with zero attached hydrogens (tertiary/aromatic N) is 1. The lowest BCUT2D eigenvalue weighted by Crippen LogP contribution is -2.08. The first kappa shape index (κ1) is 18.6. The Labute approximate surface area is 84.1 Å². The van der Waals surface area contributed by atoms with E-state index in [9.17, 15) is 8.42 Å². The summed E-state index contributed by atoms with van der Waals surface area (Å²) in [6, 6.07) is 0. The molecule has 0 unspecified atom stereocenters. The molecule has 0 heterocycles. The van der Waals surface area contributed by atoms with E-state index in [-0.39, 0.29) is 5.75 Å². The topological polar surface area (TPSA) is 37.4 Å². The summed E-state index contributed by atoms with van der Waals surface area (Å²) in [7, 11) is 1.45. The van der Waals surface area contributed by atoms with E-state index >= 15 is 0 Å². The van der Waals surface area contributed by atoms with Gasteiger partial charge in [-0.15, -0.1) is 0 Å². The van der Waals surface area contributed by atoms with E-state index in [1.54, 1.807) is 6.92 Å². The van der Waals surface area contributed by atoms with Gasteiger partial charge in [0, 0.05) is 12.0 Å². The molecule has 0 aliphatic carbocycles. The van der Waals surface area contributed by atoms with E-state index in [0.29, 0.717) is 0 Å². The van der Waals surface area contributed by atoms with Crippen LogP contribution in [0.15, 0.2) is 0 Å². The molecule has 0 aliphatic rings. The van der Waals surface area contributed by atoms with E-state index in [1.807, 2.05) is 13.8 Å². The Balaban J connectivity index is -0.000000131. The van der Waals surface area contributed by atoms with Crippen LogP contribution in [0.4, 0.5) is 0 Å². The molecule has 0 saturated carbocycles. The van der Waals surface area contributed by atoms with Crippen molar-refractivity contribution >= 4 is 9.84 Å². The third-order valence-electron chi connectivity index (χ3n) is 1.16. The lowest BCUT2D eigenvalue weighted by Gasteiger charge is -2.00. The standard InChI is InChI=1S/C4H11N.C3H8O2S.C2H6/c1-4-5(2)3;1-3-6(2,4)5;1-2/h4H2,1-3H3;3H2,1-2H3;1-2H3. The van der Waals surface area contributed by atoms with Gasteiger partial charge in [-0.25, -0.2) is 8.42 Å². The van der Waals surface area contributed by atoms with Gasteiger partial charge in [-0.2, -0.15) is 0 Å². The number of sulfone groups is 1. The van der Waals surface area contributed by atoms with Crippen molar-refractivity contribution in [2.45, 2.75) is 27.7 Å². The predicted molar refractivity (Wildman–Crippen MR) is 61.0 cm³/mol. The third-order valence-corrected chi connectivity index (χ3v) is 2.21. The Hall–Kier alpha value is -0.0900. The fourth-order valence-electron chi connectivity index (χ4n) is 0. The lowest BCUT2D eigenvalue weighted by atomic mass is 10.7. The van der Waals surface area contributed by atoms with Crippen molar-refractivity contribution in [1.82, 2.24) is 4.90 Å². The molecule has 13 heavy (non-hydrogen) atoms. The van der Waals surface area contributed by atoms with Crippen molar-refractivity contribution in [2.75, 3.05) is 32.6 Å². The normalized spacial score (nSPS) is 9.54. The summed E-state index contributed by atoms with van der Waals surface area (Å²) in [5.41, 5.74) is 0. The van der Waals surface area contributed by atoms with E-state index in [1.165, 1.54) is 6.26 Å². The van der Waals surface area contributed by atoms with Crippen molar-refractivity contribution in [3.8, 4) is 0 Å². The van der Waals surface area contributed by atoms with Crippen LogP contribution in [0.25, 0.3) is 0 Å². The van der Waals surface area contributed by atoms with Crippen molar-refractivity contribution in [3.05, 3.63) is 0 Å². The highest BCUT2D eigenvalue weighted by Gasteiger charge is 1.90. The average Bonchev–Trinajstić information content (AvgIpc) is 2.08. The molecule has 0 radical (unpaired) electrons. The molecule has 0 aromatic carbocycles. The van der Waals surface area contributed by atoms with Crippen LogP contribution in [0.2, 0.25) is 0 Å². The van der Waals surface area contributed by atoms with Gasteiger partial charge in [0.05, 0.1) is 0 Å². The summed E-state index contributed by atoms with van der Waals surface area (Å²) >= 11 is 0. The maximum Gasteiger partial charge on any atom is 0.147 e. The van der Waals surface area contributed by atoms with Gasteiger partial charge in [0.25, 0.3) is 0 Å². The van der Waals surface area contributed by atoms with Crippen LogP contribution in [0, 0.1) is 0 Å². The SMILES string of the molecule is CC.CCN(C)C.CCS(C)(=O)=O. The largest absolute Gasteiger partial charge is 0.310 e. The molecule has 0 amide bonds. The van der Waals surface area contributed by atoms with E-state index in [2.05, 4.69) is 25.9 Å². The maximum absolute atomic E-state index is 10.0. The highest BCUT2D eigenvalue weighted by atomic mass is 32.2. The summed E-state index contributed by atoms with van der Waals surface area (Å²) < 4.78 is 20.0. The maximum atomic E-state index is 10.0. The van der Waals surface area contributed by atoms with Crippen LogP contribution < -0.4 is 0 Å². The summed E-state index contributed by atoms with van der Waals surface area (Å²) in [5.74, 6) is 0.243. The second kappa shape index (κ2) is 11.9. The monoisotopic (exact) mass is 211 g/mol. The number of hydrogen-bond acceptors (Lipinski definition) is 3. The van der Waals surface area contributed by atoms with Gasteiger partial charge >= 0.3 is 0 Å². The molecule has 0 bridgehead atoms. The smallest absolute Gasteiger partial charge is 0.147 e. The highest BCUT2D eigenvalue weighted by Crippen LogP contribution is 1.75. The van der Waals surface area contributed by atoms with Gasteiger partial charge in [-0.3, -0.25) is 0 Å². The summed E-state index contributed by atoms with van der Waals surface area (Å²) in [6.07, 6.45) is 1.22. The molecule has 0 aromatic heterocycles. The average molecular weight is 211 g/mol. The fourth-order valence-corrected chi connectivity index (χ4v) is 0. The molecule has 0 saturated heterocycles. The Kier molecular flexibility index (Phi) is 17.1. The van der Waals surface area contributed by atoms with E-state index in [0.717, 1.165) is 6.54 Å². The Morgan fingerprint density at radius 1 is 1.08 bits per heavy atom. The van der Waals surface area contributed by atoms with Crippen molar-refractivity contribution in [3.63, 3.8) is 0 Å². The number of hydrogen-bond donors (Lipinski definition) is 0. The Morgan fingerprint density at radius 3 is 1.23 bits per heavy atom. The minimum Gasteiger partial charge on any atom is -0.310 e. The summed E-state index contributed by atoms with van der Waals surface area (Å²) in [4.78, 5) is 2.12. The second-order valence-corrected chi connectivity index (χ2v) is 5.04. The summed E-state index contributed by atoms with van der Waals surface area (Å²) in [5, 5.41) is 0. The first-order valence-corrected chi connectivity index (χ1v) is 6.72. The quantitative estimate of drug-likeness (QED) is 0.697. The van der Waals surface area contributed by atoms with Crippen LogP contribution >= 0.6 is 0 Å². The van der Waals surface area contributed by atoms with E-state index in [4.69, 9.17) is 0 Å². The van der Waals surface area contributed by atoms with Crippen molar-refractivity contribution in [2.24, 2.45) is 0 Å². The molecule has 0 spiro atoms. The molecule has 0 atom stereocenters. The van der Waals surface area contributed by atoms with Gasteiger partial charge in [-0.05, 0) is 20.6 Å². The molecule has 0 aromatic rings. The van der Waals surface area contributed by atoms with Crippen molar-refractivity contribution < 1.29 is 8.42 Å². The van der Waals surface area contributed by atoms with Crippen LogP contribution in [-0.2, 0) is 9.84 Å². The minimum atomic E-state index is -2.66. The van der Waals surface area contributed by atoms with Gasteiger partial charge in [0.1, 0.15) is 9.84 Å². The van der Waals surface area contributed by atoms with Crippen LogP contribution in [0.3, 0.4) is 0 Å². The van der Waals surface area contributed by atoms with Crippen molar-refractivity contribution in [1.29, 1.82) is 0 Å². The number of rotatable bonds is 2. The fraction of sp³-hybridized carbons (Fsp3) is 1.00. The van der Waals surface area contributed by atoms with Crippen LogP contribution in [-0.4, -0.2) is 46.0 Å². The molecule has 3 nitrogen and oxygen atoms in total. The van der Waals surface area contributed by atoms with Gasteiger partial charge in [0.2, 0.25) is 0 Å². The molecular formula is C9H25NO2S. The third kappa shape index (κ3) is 48.5. The Morgan fingerprint density at radius 2 is 1.23 bits per heavy atom. The van der Waals surface area contributed by atoms with E-state index < -0.39 is 9.84 Å².